The van der Waals surface area contributed by atoms with Gasteiger partial charge in [-0.3, -0.25) is 14.4 Å². The molecule has 0 radical (unpaired) electrons. The molecule has 3 aliphatic carbocycles. The number of carbonyl (C=O) groups is 3. The Hall–Kier alpha value is -3.21. The zero-order valence-corrected chi connectivity index (χ0v) is 17.5. The zero-order valence-electron chi connectivity index (χ0n) is 17.5. The van der Waals surface area contributed by atoms with Crippen LogP contribution in [0.1, 0.15) is 33.8 Å². The molecule has 1 saturated carbocycles. The molecule has 3 aliphatic rings. The predicted octanol–water partition coefficient (Wildman–Crippen LogP) is 3.79. The lowest BCUT2D eigenvalue weighted by molar-refractivity contribution is -0.171. The SMILES string of the molecule is COC(=O)[C@@H]1[C@@H]2C=C[C@@H](C2)[C@@]1(C(=O)OC)[C@H]1C(=O)c2ccccc2[C@@H]1c1ccccc1. The van der Waals surface area contributed by atoms with Gasteiger partial charge >= 0.3 is 11.9 Å². The second-order valence-electron chi connectivity index (χ2n) is 8.63. The molecule has 0 amide bonds. The summed E-state index contributed by atoms with van der Waals surface area (Å²) in [5.41, 5.74) is 1.14. The minimum absolute atomic E-state index is 0.107. The molecule has 31 heavy (non-hydrogen) atoms. The third-order valence-electron chi connectivity index (χ3n) is 7.52. The van der Waals surface area contributed by atoms with E-state index in [1.165, 1.54) is 14.2 Å². The molecule has 0 spiro atoms. The Kier molecular flexibility index (Phi) is 4.58. The van der Waals surface area contributed by atoms with E-state index in [4.69, 9.17) is 9.47 Å². The fourth-order valence-corrected chi connectivity index (χ4v) is 6.43. The van der Waals surface area contributed by atoms with Crippen LogP contribution in [-0.2, 0) is 19.1 Å². The predicted molar refractivity (Wildman–Crippen MR) is 113 cm³/mol. The Morgan fingerprint density at radius 1 is 0.935 bits per heavy atom. The molecule has 2 aromatic carbocycles. The number of allylic oxidation sites excluding steroid dienone is 2. The highest BCUT2D eigenvalue weighted by molar-refractivity contribution is 6.07. The molecule has 0 aromatic heterocycles. The second kappa shape index (κ2) is 7.19. The summed E-state index contributed by atoms with van der Waals surface area (Å²) >= 11 is 0. The zero-order chi connectivity index (χ0) is 21.8. The fourth-order valence-electron chi connectivity index (χ4n) is 6.43. The number of hydrogen-bond donors (Lipinski definition) is 0. The normalized spacial score (nSPS) is 32.7. The number of esters is 2. The fraction of sp³-hybridized carbons (Fsp3) is 0.346. The van der Waals surface area contributed by atoms with Crippen LogP contribution in [0.2, 0.25) is 0 Å². The number of benzene rings is 2. The molecular formula is C26H24O5. The molecule has 5 rings (SSSR count). The highest BCUT2D eigenvalue weighted by Crippen LogP contribution is 2.65. The Labute approximate surface area is 181 Å². The maximum atomic E-state index is 13.9. The molecule has 0 saturated heterocycles. The molecule has 2 bridgehead atoms. The highest BCUT2D eigenvalue weighted by Gasteiger charge is 2.71. The Bertz CT molecular complexity index is 1090. The van der Waals surface area contributed by atoms with E-state index >= 15 is 0 Å². The molecule has 2 aromatic rings. The Morgan fingerprint density at radius 3 is 2.35 bits per heavy atom. The molecule has 1 fully saturated rings. The van der Waals surface area contributed by atoms with Gasteiger partial charge in [0.2, 0.25) is 0 Å². The van der Waals surface area contributed by atoms with Crippen molar-refractivity contribution in [2.24, 2.45) is 29.1 Å². The van der Waals surface area contributed by atoms with Crippen LogP contribution in [0.5, 0.6) is 0 Å². The number of ketones is 1. The van der Waals surface area contributed by atoms with Crippen LogP contribution in [0.25, 0.3) is 0 Å². The summed E-state index contributed by atoms with van der Waals surface area (Å²) < 4.78 is 10.5. The van der Waals surface area contributed by atoms with Crippen LogP contribution in [0.3, 0.4) is 0 Å². The van der Waals surface area contributed by atoms with Crippen LogP contribution in [0, 0.1) is 29.1 Å². The molecule has 0 heterocycles. The minimum atomic E-state index is -1.31. The topological polar surface area (TPSA) is 69.7 Å². The summed E-state index contributed by atoms with van der Waals surface area (Å²) in [6.45, 7) is 0. The van der Waals surface area contributed by atoms with Gasteiger partial charge in [0.05, 0.1) is 31.5 Å². The van der Waals surface area contributed by atoms with Crippen molar-refractivity contribution in [2.75, 3.05) is 14.2 Å². The highest BCUT2D eigenvalue weighted by atomic mass is 16.5. The number of fused-ring (bicyclic) bond motifs is 3. The van der Waals surface area contributed by atoms with Gasteiger partial charge in [-0.25, -0.2) is 0 Å². The van der Waals surface area contributed by atoms with Gasteiger partial charge in [0.25, 0.3) is 0 Å². The van der Waals surface area contributed by atoms with E-state index in [1.807, 2.05) is 66.7 Å². The van der Waals surface area contributed by atoms with Crippen molar-refractivity contribution < 1.29 is 23.9 Å². The van der Waals surface area contributed by atoms with Crippen LogP contribution in [0.15, 0.2) is 66.7 Å². The number of methoxy groups -OCH3 is 2. The summed E-state index contributed by atoms with van der Waals surface area (Å²) in [6, 6.07) is 17.3. The van der Waals surface area contributed by atoms with E-state index < -0.39 is 29.2 Å². The number of ether oxygens (including phenoxy) is 2. The van der Waals surface area contributed by atoms with Crippen molar-refractivity contribution in [3.8, 4) is 0 Å². The van der Waals surface area contributed by atoms with Crippen LogP contribution < -0.4 is 0 Å². The number of Topliss-reactive ketones (excluding diaryl/α,β-unsaturated/α-hetero) is 1. The first-order valence-corrected chi connectivity index (χ1v) is 10.6. The van der Waals surface area contributed by atoms with Gasteiger partial charge in [0, 0.05) is 11.5 Å². The van der Waals surface area contributed by atoms with Crippen molar-refractivity contribution in [3.63, 3.8) is 0 Å². The molecule has 0 aliphatic heterocycles. The first-order valence-electron chi connectivity index (χ1n) is 10.6. The van der Waals surface area contributed by atoms with E-state index in [1.54, 1.807) is 0 Å². The summed E-state index contributed by atoms with van der Waals surface area (Å²) in [7, 11) is 2.66. The minimum Gasteiger partial charge on any atom is -0.469 e. The van der Waals surface area contributed by atoms with Gasteiger partial charge in [-0.05, 0) is 29.4 Å². The third-order valence-corrected chi connectivity index (χ3v) is 7.52. The Balaban J connectivity index is 1.79. The first-order chi connectivity index (χ1) is 15.1. The maximum absolute atomic E-state index is 13.9. The van der Waals surface area contributed by atoms with Gasteiger partial charge in [0.15, 0.2) is 5.78 Å². The lowest BCUT2D eigenvalue weighted by Crippen LogP contribution is -2.54. The van der Waals surface area contributed by atoms with Gasteiger partial charge in [-0.1, -0.05) is 66.7 Å². The van der Waals surface area contributed by atoms with E-state index in [0.29, 0.717) is 12.0 Å². The van der Waals surface area contributed by atoms with E-state index in [9.17, 15) is 14.4 Å². The van der Waals surface area contributed by atoms with Gasteiger partial charge in [-0.15, -0.1) is 0 Å². The average molecular weight is 416 g/mol. The van der Waals surface area contributed by atoms with Crippen molar-refractivity contribution in [1.29, 1.82) is 0 Å². The quantitative estimate of drug-likeness (QED) is 0.560. The summed E-state index contributed by atoms with van der Waals surface area (Å²) in [5.74, 6) is -3.33. The second-order valence-corrected chi connectivity index (χ2v) is 8.63. The van der Waals surface area contributed by atoms with Crippen molar-refractivity contribution >= 4 is 17.7 Å². The molecule has 0 N–H and O–H groups in total. The van der Waals surface area contributed by atoms with Gasteiger partial charge < -0.3 is 9.47 Å². The molecular weight excluding hydrogens is 392 g/mol. The molecule has 0 unspecified atom stereocenters. The first kappa shape index (κ1) is 19.7. The lowest BCUT2D eigenvalue weighted by Gasteiger charge is -2.43. The lowest BCUT2D eigenvalue weighted by atomic mass is 9.56. The number of rotatable bonds is 4. The van der Waals surface area contributed by atoms with E-state index in [2.05, 4.69) is 0 Å². The monoisotopic (exact) mass is 416 g/mol. The van der Waals surface area contributed by atoms with Crippen molar-refractivity contribution in [3.05, 3.63) is 83.4 Å². The van der Waals surface area contributed by atoms with Crippen molar-refractivity contribution in [2.45, 2.75) is 12.3 Å². The molecule has 158 valence electrons. The third kappa shape index (κ3) is 2.52. The van der Waals surface area contributed by atoms with Crippen LogP contribution >= 0.6 is 0 Å². The molecule has 6 atom stereocenters. The maximum Gasteiger partial charge on any atom is 0.314 e. The summed E-state index contributed by atoms with van der Waals surface area (Å²) in [6.07, 6.45) is 4.60. The molecule has 5 nitrogen and oxygen atoms in total. The standard InChI is InChI=1S/C26H24O5/c1-30-24(28)21-16-12-13-17(14-16)26(21,25(29)31-2)22-20(15-8-4-3-5-9-15)18-10-6-7-11-19(18)23(22)27/h3-13,16-17,20-22H,14H2,1-2H3/t16-,17+,20+,21+,22-,26+/m1/s1. The number of carbonyl (C=O) groups excluding carboxylic acids is 3. The van der Waals surface area contributed by atoms with Gasteiger partial charge in [-0.2, -0.15) is 0 Å². The smallest absolute Gasteiger partial charge is 0.314 e. The van der Waals surface area contributed by atoms with E-state index in [0.717, 1.165) is 11.1 Å². The largest absolute Gasteiger partial charge is 0.469 e. The summed E-state index contributed by atoms with van der Waals surface area (Å²) in [4.78, 5) is 40.6. The Morgan fingerprint density at radius 2 is 1.65 bits per heavy atom. The van der Waals surface area contributed by atoms with Crippen molar-refractivity contribution in [1.82, 2.24) is 0 Å². The van der Waals surface area contributed by atoms with E-state index in [-0.39, 0.29) is 23.5 Å². The summed E-state index contributed by atoms with van der Waals surface area (Å²) in [5, 5.41) is 0. The van der Waals surface area contributed by atoms with Crippen LogP contribution in [0.4, 0.5) is 0 Å². The van der Waals surface area contributed by atoms with Crippen LogP contribution in [-0.4, -0.2) is 31.9 Å². The average Bonchev–Trinajstić information content (AvgIpc) is 3.50. The van der Waals surface area contributed by atoms with Gasteiger partial charge in [0.1, 0.15) is 0 Å². The molecule has 5 heteroatoms. The number of hydrogen-bond acceptors (Lipinski definition) is 5.